The molecule has 0 aliphatic rings. The van der Waals surface area contributed by atoms with Gasteiger partial charge in [0, 0.05) is 0 Å². The summed E-state index contributed by atoms with van der Waals surface area (Å²) < 4.78 is 39.1. The summed E-state index contributed by atoms with van der Waals surface area (Å²) >= 11 is 5.05. The molecule has 82 valence electrons. The molecule has 0 amide bonds. The molecule has 0 bridgehead atoms. The van der Waals surface area contributed by atoms with Crippen LogP contribution in [0.15, 0.2) is 12.4 Å². The molecule has 0 radical (unpaired) electrons. The first-order chi connectivity index (χ1) is 6.81. The second-order valence-corrected chi connectivity index (χ2v) is 2.77. The van der Waals surface area contributed by atoms with Gasteiger partial charge in [0.2, 0.25) is 0 Å². The van der Waals surface area contributed by atoms with Crippen LogP contribution in [0.1, 0.15) is 10.4 Å². The third kappa shape index (κ3) is 2.98. The van der Waals surface area contributed by atoms with Gasteiger partial charge in [-0.15, -0.1) is 13.2 Å². The normalized spacial score (nSPS) is 11.2. The average molecular weight is 241 g/mol. The first kappa shape index (κ1) is 11.6. The summed E-state index contributed by atoms with van der Waals surface area (Å²) in [6.45, 7) is 0. The standard InChI is InChI=1S/C7H4ClF3N2O2/c8-6(14)5-3(12)1-13-2-4(5)15-7(9,10)11/h1-2H,12H2. The smallest absolute Gasteiger partial charge is 0.403 e. The van der Waals surface area contributed by atoms with Gasteiger partial charge in [-0.2, -0.15) is 0 Å². The first-order valence-corrected chi connectivity index (χ1v) is 3.88. The van der Waals surface area contributed by atoms with Gasteiger partial charge >= 0.3 is 6.36 Å². The van der Waals surface area contributed by atoms with Gasteiger partial charge in [0.1, 0.15) is 5.56 Å². The van der Waals surface area contributed by atoms with E-state index in [9.17, 15) is 18.0 Å². The van der Waals surface area contributed by atoms with Gasteiger partial charge in [-0.1, -0.05) is 0 Å². The van der Waals surface area contributed by atoms with Crippen molar-refractivity contribution >= 4 is 22.5 Å². The lowest BCUT2D eigenvalue weighted by Gasteiger charge is -2.11. The number of hydrogen-bond acceptors (Lipinski definition) is 4. The molecule has 0 spiro atoms. The lowest BCUT2D eigenvalue weighted by atomic mass is 10.2. The molecule has 0 unspecified atom stereocenters. The molecule has 8 heteroatoms. The maximum Gasteiger partial charge on any atom is 0.573 e. The van der Waals surface area contributed by atoms with Crippen LogP contribution < -0.4 is 10.5 Å². The maximum atomic E-state index is 11.9. The second kappa shape index (κ2) is 3.93. The van der Waals surface area contributed by atoms with Crippen molar-refractivity contribution in [2.45, 2.75) is 6.36 Å². The number of ether oxygens (including phenoxy) is 1. The monoisotopic (exact) mass is 240 g/mol. The van der Waals surface area contributed by atoms with Crippen molar-refractivity contribution in [1.29, 1.82) is 0 Å². The average Bonchev–Trinajstić information content (AvgIpc) is 1.99. The third-order valence-corrected chi connectivity index (χ3v) is 1.55. The zero-order valence-corrected chi connectivity index (χ0v) is 7.76. The molecule has 0 aliphatic carbocycles. The van der Waals surface area contributed by atoms with Crippen molar-refractivity contribution in [2.24, 2.45) is 0 Å². The Morgan fingerprint density at radius 2 is 2.07 bits per heavy atom. The number of rotatable bonds is 2. The molecule has 0 aromatic carbocycles. The topological polar surface area (TPSA) is 65.2 Å². The zero-order valence-electron chi connectivity index (χ0n) is 7.01. The van der Waals surface area contributed by atoms with E-state index in [1.165, 1.54) is 0 Å². The molecule has 2 N–H and O–H groups in total. The van der Waals surface area contributed by atoms with Gasteiger partial charge in [-0.25, -0.2) is 0 Å². The Hall–Kier alpha value is -1.50. The molecule has 0 fully saturated rings. The molecular formula is C7H4ClF3N2O2. The molecule has 4 nitrogen and oxygen atoms in total. The van der Waals surface area contributed by atoms with Crippen LogP contribution in [-0.2, 0) is 0 Å². The van der Waals surface area contributed by atoms with Crippen molar-refractivity contribution in [3.63, 3.8) is 0 Å². The first-order valence-electron chi connectivity index (χ1n) is 3.50. The van der Waals surface area contributed by atoms with E-state index in [0.717, 1.165) is 6.20 Å². The SMILES string of the molecule is Nc1cncc(OC(F)(F)F)c1C(=O)Cl. The fourth-order valence-corrected chi connectivity index (χ4v) is 1.07. The maximum absolute atomic E-state index is 11.9. The van der Waals surface area contributed by atoms with Crippen molar-refractivity contribution in [2.75, 3.05) is 5.73 Å². The van der Waals surface area contributed by atoms with E-state index in [0.29, 0.717) is 6.20 Å². The Kier molecular flexibility index (Phi) is 3.04. The number of hydrogen-bond donors (Lipinski definition) is 1. The summed E-state index contributed by atoms with van der Waals surface area (Å²) in [7, 11) is 0. The lowest BCUT2D eigenvalue weighted by Crippen LogP contribution is -2.19. The summed E-state index contributed by atoms with van der Waals surface area (Å²) in [6.07, 6.45) is -3.23. The minimum absolute atomic E-state index is 0.281. The van der Waals surface area contributed by atoms with Gasteiger partial charge in [0.15, 0.2) is 5.75 Å². The van der Waals surface area contributed by atoms with Gasteiger partial charge in [0.05, 0.1) is 18.1 Å². The summed E-state index contributed by atoms with van der Waals surface area (Å²) in [5.74, 6) is -0.817. The van der Waals surface area contributed by atoms with Crippen molar-refractivity contribution in [3.8, 4) is 5.75 Å². The van der Waals surface area contributed by atoms with Crippen LogP contribution in [0.3, 0.4) is 0 Å². The highest BCUT2D eigenvalue weighted by atomic mass is 35.5. The highest BCUT2D eigenvalue weighted by Gasteiger charge is 2.33. The van der Waals surface area contributed by atoms with Crippen LogP contribution in [0, 0.1) is 0 Å². The summed E-state index contributed by atoms with van der Waals surface area (Å²) in [5, 5.41) is -1.14. The predicted molar refractivity (Wildman–Crippen MR) is 45.5 cm³/mol. The van der Waals surface area contributed by atoms with Crippen LogP contribution in [-0.4, -0.2) is 16.6 Å². The Bertz CT molecular complexity index is 394. The summed E-state index contributed by atoms with van der Waals surface area (Å²) in [4.78, 5) is 14.1. The number of carbonyl (C=O) groups excluding carboxylic acids is 1. The summed E-state index contributed by atoms with van der Waals surface area (Å²) in [6, 6.07) is 0. The summed E-state index contributed by atoms with van der Waals surface area (Å²) in [5.41, 5.74) is 4.39. The van der Waals surface area contributed by atoms with E-state index in [1.54, 1.807) is 0 Å². The fourth-order valence-electron chi connectivity index (χ4n) is 0.869. The van der Waals surface area contributed by atoms with Crippen molar-refractivity contribution < 1.29 is 22.7 Å². The Morgan fingerprint density at radius 3 is 2.53 bits per heavy atom. The zero-order chi connectivity index (χ0) is 11.6. The quantitative estimate of drug-likeness (QED) is 0.803. The number of aromatic nitrogens is 1. The Balaban J connectivity index is 3.18. The van der Waals surface area contributed by atoms with Crippen LogP contribution in [0.25, 0.3) is 0 Å². The highest BCUT2D eigenvalue weighted by Crippen LogP contribution is 2.29. The van der Waals surface area contributed by atoms with Crippen molar-refractivity contribution in [1.82, 2.24) is 4.98 Å². The molecule has 0 atom stereocenters. The number of nitrogens with zero attached hydrogens (tertiary/aromatic N) is 1. The minimum Gasteiger partial charge on any atom is -0.403 e. The number of nitrogens with two attached hydrogens (primary N) is 1. The minimum atomic E-state index is -4.93. The molecule has 0 saturated heterocycles. The molecule has 1 rings (SSSR count). The van der Waals surface area contributed by atoms with Gasteiger partial charge < -0.3 is 10.5 Å². The number of carbonyl (C=O) groups is 1. The number of nitrogen functional groups attached to an aromatic ring is 1. The van der Waals surface area contributed by atoms with Crippen LogP contribution in [0.5, 0.6) is 5.75 Å². The van der Waals surface area contributed by atoms with E-state index in [-0.39, 0.29) is 5.69 Å². The molecule has 1 aromatic rings. The van der Waals surface area contributed by atoms with Gasteiger partial charge in [-0.05, 0) is 11.6 Å². The lowest BCUT2D eigenvalue weighted by molar-refractivity contribution is -0.274. The Labute approximate surface area is 86.8 Å². The largest absolute Gasteiger partial charge is 0.573 e. The molecule has 0 saturated carbocycles. The van der Waals surface area contributed by atoms with E-state index < -0.39 is 22.9 Å². The van der Waals surface area contributed by atoms with Crippen molar-refractivity contribution in [3.05, 3.63) is 18.0 Å². The highest BCUT2D eigenvalue weighted by molar-refractivity contribution is 6.68. The van der Waals surface area contributed by atoms with Gasteiger partial charge in [-0.3, -0.25) is 9.78 Å². The number of anilines is 1. The Morgan fingerprint density at radius 1 is 1.47 bits per heavy atom. The predicted octanol–water partition coefficient (Wildman–Crippen LogP) is 1.94. The number of alkyl halides is 3. The molecule has 1 aromatic heterocycles. The van der Waals surface area contributed by atoms with E-state index in [4.69, 9.17) is 17.3 Å². The van der Waals surface area contributed by atoms with E-state index in [1.807, 2.05) is 0 Å². The number of halogens is 4. The van der Waals surface area contributed by atoms with Gasteiger partial charge in [0.25, 0.3) is 5.24 Å². The van der Waals surface area contributed by atoms with E-state index in [2.05, 4.69) is 9.72 Å². The molecule has 1 heterocycles. The second-order valence-electron chi connectivity index (χ2n) is 2.42. The van der Waals surface area contributed by atoms with Crippen LogP contribution >= 0.6 is 11.6 Å². The fraction of sp³-hybridized carbons (Fsp3) is 0.143. The van der Waals surface area contributed by atoms with Crippen LogP contribution in [0.2, 0.25) is 0 Å². The third-order valence-electron chi connectivity index (χ3n) is 1.36. The van der Waals surface area contributed by atoms with Crippen LogP contribution in [0.4, 0.5) is 18.9 Å². The van der Waals surface area contributed by atoms with E-state index >= 15 is 0 Å². The molecule has 0 aliphatic heterocycles. The molecular weight excluding hydrogens is 237 g/mol. The number of pyridine rings is 1. The molecule has 15 heavy (non-hydrogen) atoms.